The molecule has 3 rings (SSSR count). The van der Waals surface area contributed by atoms with Crippen molar-refractivity contribution >= 4 is 0 Å². The van der Waals surface area contributed by atoms with E-state index in [-0.39, 0.29) is 13.0 Å². The van der Waals surface area contributed by atoms with Gasteiger partial charge in [-0.2, -0.15) is 0 Å². The standard InChI is InChI=1S/C17H20N2O5/c20-10-14-13(21)8-15(24-14)19-9-12(16(22)18-17(19)23)7-6-11-4-2-1-3-5-11/h1-5,9,13-15,20-21H,6-8,10H2,(H,18,22,23)/t13-,14+,15+/m0/s1. The lowest BCUT2D eigenvalue weighted by Crippen LogP contribution is -2.34. The summed E-state index contributed by atoms with van der Waals surface area (Å²) in [7, 11) is 0. The maximum Gasteiger partial charge on any atom is 0.330 e. The van der Waals surface area contributed by atoms with E-state index in [1.165, 1.54) is 10.8 Å². The van der Waals surface area contributed by atoms with Crippen LogP contribution >= 0.6 is 0 Å². The van der Waals surface area contributed by atoms with Crippen LogP contribution in [0, 0.1) is 0 Å². The van der Waals surface area contributed by atoms with Crippen LogP contribution in [0.2, 0.25) is 0 Å². The quantitative estimate of drug-likeness (QED) is 0.713. The first kappa shape index (κ1) is 16.6. The first-order chi connectivity index (χ1) is 11.6. The molecule has 3 N–H and O–H groups in total. The van der Waals surface area contributed by atoms with Crippen molar-refractivity contribution in [3.05, 3.63) is 68.5 Å². The Balaban J connectivity index is 1.81. The maximum atomic E-state index is 12.0. The third kappa shape index (κ3) is 3.48. The van der Waals surface area contributed by atoms with Gasteiger partial charge in [0.2, 0.25) is 0 Å². The SMILES string of the molecule is O=c1[nH]c(=O)n([C@H]2C[C@H](O)[C@@H](CO)O2)cc1CCc1ccccc1. The van der Waals surface area contributed by atoms with Gasteiger partial charge in [-0.1, -0.05) is 30.3 Å². The van der Waals surface area contributed by atoms with Gasteiger partial charge < -0.3 is 14.9 Å². The highest BCUT2D eigenvalue weighted by Gasteiger charge is 2.35. The molecule has 0 saturated carbocycles. The summed E-state index contributed by atoms with van der Waals surface area (Å²) in [6.45, 7) is -0.323. The number of H-pyrrole nitrogens is 1. The van der Waals surface area contributed by atoms with Crippen molar-refractivity contribution in [1.29, 1.82) is 0 Å². The lowest BCUT2D eigenvalue weighted by Gasteiger charge is -2.15. The Hall–Kier alpha value is -2.22. The topological polar surface area (TPSA) is 105 Å². The van der Waals surface area contributed by atoms with Gasteiger partial charge in [-0.3, -0.25) is 14.3 Å². The van der Waals surface area contributed by atoms with E-state index in [9.17, 15) is 14.7 Å². The molecule has 0 radical (unpaired) electrons. The van der Waals surface area contributed by atoms with Crippen LogP contribution in [0.4, 0.5) is 0 Å². The molecule has 3 atom stereocenters. The van der Waals surface area contributed by atoms with Crippen molar-refractivity contribution in [3.8, 4) is 0 Å². The van der Waals surface area contributed by atoms with E-state index in [0.717, 1.165) is 5.56 Å². The average molecular weight is 332 g/mol. The fourth-order valence-corrected chi connectivity index (χ4v) is 2.89. The number of aliphatic hydroxyl groups excluding tert-OH is 2. The molecule has 2 aromatic rings. The lowest BCUT2D eigenvalue weighted by molar-refractivity contribution is -0.0460. The van der Waals surface area contributed by atoms with Crippen molar-refractivity contribution in [3.63, 3.8) is 0 Å². The molecule has 0 aliphatic carbocycles. The smallest absolute Gasteiger partial charge is 0.330 e. The van der Waals surface area contributed by atoms with Crippen LogP contribution in [0.3, 0.4) is 0 Å². The zero-order chi connectivity index (χ0) is 17.1. The summed E-state index contributed by atoms with van der Waals surface area (Å²) in [5.41, 5.74) is 0.579. The predicted molar refractivity (Wildman–Crippen MR) is 86.8 cm³/mol. The molecule has 1 aliphatic rings. The van der Waals surface area contributed by atoms with Crippen LogP contribution in [0.1, 0.15) is 23.8 Å². The minimum absolute atomic E-state index is 0.190. The van der Waals surface area contributed by atoms with E-state index in [0.29, 0.717) is 18.4 Å². The van der Waals surface area contributed by atoms with Gasteiger partial charge in [0.1, 0.15) is 12.3 Å². The number of aryl methyl sites for hydroxylation is 2. The Morgan fingerprint density at radius 1 is 1.21 bits per heavy atom. The third-order valence-electron chi connectivity index (χ3n) is 4.26. The second-order valence-electron chi connectivity index (χ2n) is 5.92. The summed E-state index contributed by atoms with van der Waals surface area (Å²) >= 11 is 0. The van der Waals surface area contributed by atoms with E-state index in [2.05, 4.69) is 4.98 Å². The largest absolute Gasteiger partial charge is 0.394 e. The van der Waals surface area contributed by atoms with Crippen molar-refractivity contribution in [1.82, 2.24) is 9.55 Å². The molecule has 0 amide bonds. The number of hydrogen-bond donors (Lipinski definition) is 3. The molecule has 2 heterocycles. The molecule has 1 aromatic carbocycles. The van der Waals surface area contributed by atoms with Crippen molar-refractivity contribution < 1.29 is 14.9 Å². The van der Waals surface area contributed by atoms with Crippen molar-refractivity contribution in [2.45, 2.75) is 37.7 Å². The molecule has 1 aromatic heterocycles. The first-order valence-electron chi connectivity index (χ1n) is 7.91. The van der Waals surface area contributed by atoms with Gasteiger partial charge in [0.05, 0.1) is 12.7 Å². The van der Waals surface area contributed by atoms with Gasteiger partial charge in [-0.15, -0.1) is 0 Å². The minimum atomic E-state index is -0.841. The zero-order valence-electron chi connectivity index (χ0n) is 13.1. The van der Waals surface area contributed by atoms with Gasteiger partial charge >= 0.3 is 5.69 Å². The molecular formula is C17H20N2O5. The molecule has 0 bridgehead atoms. The summed E-state index contributed by atoms with van der Waals surface area (Å²) in [5.74, 6) is 0. The Labute approximate surface area is 138 Å². The Bertz CT molecular complexity index is 799. The second-order valence-corrected chi connectivity index (χ2v) is 5.92. The van der Waals surface area contributed by atoms with E-state index >= 15 is 0 Å². The number of aromatic amines is 1. The van der Waals surface area contributed by atoms with Crippen LogP contribution < -0.4 is 11.2 Å². The summed E-state index contributed by atoms with van der Waals surface area (Å²) < 4.78 is 6.77. The number of rotatable bonds is 5. The van der Waals surface area contributed by atoms with Gasteiger partial charge in [0, 0.05) is 18.2 Å². The number of nitrogens with one attached hydrogen (secondary N) is 1. The van der Waals surface area contributed by atoms with Gasteiger partial charge in [-0.05, 0) is 18.4 Å². The number of aliphatic hydroxyl groups is 2. The second kappa shape index (κ2) is 7.12. The highest BCUT2D eigenvalue weighted by Crippen LogP contribution is 2.27. The number of hydrogen-bond acceptors (Lipinski definition) is 5. The number of benzene rings is 1. The number of ether oxygens (including phenoxy) is 1. The summed E-state index contributed by atoms with van der Waals surface area (Å²) in [6, 6.07) is 9.75. The summed E-state index contributed by atoms with van der Waals surface area (Å²) in [5, 5.41) is 19.0. The summed E-state index contributed by atoms with van der Waals surface area (Å²) in [6.07, 6.45) is 0.579. The number of nitrogens with zero attached hydrogens (tertiary/aromatic N) is 1. The van der Waals surface area contributed by atoms with Gasteiger partial charge in [-0.25, -0.2) is 4.79 Å². The van der Waals surface area contributed by atoms with E-state index < -0.39 is 29.7 Å². The van der Waals surface area contributed by atoms with Crippen LogP contribution in [-0.2, 0) is 17.6 Å². The normalized spacial score (nSPS) is 23.5. The first-order valence-corrected chi connectivity index (χ1v) is 7.91. The fraction of sp³-hybridized carbons (Fsp3) is 0.412. The van der Waals surface area contributed by atoms with Crippen molar-refractivity contribution in [2.24, 2.45) is 0 Å². The van der Waals surface area contributed by atoms with E-state index in [1.54, 1.807) is 0 Å². The van der Waals surface area contributed by atoms with E-state index in [1.807, 2.05) is 30.3 Å². The zero-order valence-corrected chi connectivity index (χ0v) is 13.1. The minimum Gasteiger partial charge on any atom is -0.394 e. The fourth-order valence-electron chi connectivity index (χ4n) is 2.89. The average Bonchev–Trinajstić information content (AvgIpc) is 2.95. The molecule has 0 unspecified atom stereocenters. The molecule has 1 aliphatic heterocycles. The Kier molecular flexibility index (Phi) is 4.94. The van der Waals surface area contributed by atoms with Crippen LogP contribution in [-0.4, -0.2) is 38.6 Å². The Morgan fingerprint density at radius 2 is 1.96 bits per heavy atom. The molecule has 128 valence electrons. The van der Waals surface area contributed by atoms with Crippen LogP contribution in [0.15, 0.2) is 46.1 Å². The molecule has 1 saturated heterocycles. The van der Waals surface area contributed by atoms with E-state index in [4.69, 9.17) is 9.84 Å². The molecule has 7 nitrogen and oxygen atoms in total. The Morgan fingerprint density at radius 3 is 2.62 bits per heavy atom. The number of aromatic nitrogens is 2. The molecule has 1 fully saturated rings. The molecule has 0 spiro atoms. The monoisotopic (exact) mass is 332 g/mol. The predicted octanol–water partition coefficient (Wildman–Crippen LogP) is -0.0375. The van der Waals surface area contributed by atoms with Gasteiger partial charge in [0.25, 0.3) is 5.56 Å². The molecular weight excluding hydrogens is 312 g/mol. The lowest BCUT2D eigenvalue weighted by atomic mass is 10.1. The molecule has 24 heavy (non-hydrogen) atoms. The van der Waals surface area contributed by atoms with Crippen LogP contribution in [0.25, 0.3) is 0 Å². The molecule has 7 heteroatoms. The van der Waals surface area contributed by atoms with Crippen molar-refractivity contribution in [2.75, 3.05) is 6.61 Å². The maximum absolute atomic E-state index is 12.0. The highest BCUT2D eigenvalue weighted by molar-refractivity contribution is 5.17. The highest BCUT2D eigenvalue weighted by atomic mass is 16.5. The van der Waals surface area contributed by atoms with Crippen LogP contribution in [0.5, 0.6) is 0 Å². The van der Waals surface area contributed by atoms with Gasteiger partial charge in [0.15, 0.2) is 0 Å². The summed E-state index contributed by atoms with van der Waals surface area (Å²) in [4.78, 5) is 26.3. The third-order valence-corrected chi connectivity index (χ3v) is 4.26.